The molecular formula is C17H16N4O3S2. The molecule has 0 spiro atoms. The van der Waals surface area contributed by atoms with Crippen molar-refractivity contribution in [1.82, 2.24) is 4.98 Å². The van der Waals surface area contributed by atoms with E-state index >= 15 is 0 Å². The Morgan fingerprint density at radius 1 is 1.15 bits per heavy atom. The van der Waals surface area contributed by atoms with E-state index in [1.54, 1.807) is 24.3 Å². The van der Waals surface area contributed by atoms with E-state index in [0.29, 0.717) is 18.7 Å². The maximum atomic E-state index is 13.0. The van der Waals surface area contributed by atoms with Crippen LogP contribution >= 0.6 is 11.3 Å². The highest BCUT2D eigenvalue weighted by Crippen LogP contribution is 2.37. The first-order chi connectivity index (χ1) is 12.6. The quantitative estimate of drug-likeness (QED) is 0.689. The van der Waals surface area contributed by atoms with Gasteiger partial charge in [0.1, 0.15) is 10.6 Å². The molecule has 1 saturated heterocycles. The van der Waals surface area contributed by atoms with Crippen molar-refractivity contribution in [2.45, 2.75) is 9.79 Å². The molecule has 7 nitrogen and oxygen atoms in total. The number of hydrogen-bond donors (Lipinski definition) is 1. The summed E-state index contributed by atoms with van der Waals surface area (Å²) >= 11 is 1.47. The van der Waals surface area contributed by atoms with Crippen molar-refractivity contribution in [1.29, 1.82) is 5.53 Å². The molecule has 0 amide bonds. The Bertz CT molecular complexity index is 1060. The molecule has 1 aliphatic rings. The summed E-state index contributed by atoms with van der Waals surface area (Å²) in [5, 5.41) is 4.28. The SMILES string of the molecule is N=Nc1cc2sc(N3CCOCC3)nc2cc1S(=O)(=O)c1ccccc1. The molecule has 0 aliphatic carbocycles. The van der Waals surface area contributed by atoms with Crippen LogP contribution in [0.2, 0.25) is 0 Å². The van der Waals surface area contributed by atoms with Gasteiger partial charge in [-0.1, -0.05) is 29.5 Å². The predicted molar refractivity (Wildman–Crippen MR) is 99.4 cm³/mol. The number of thiazole rings is 1. The topological polar surface area (TPSA) is 95.7 Å². The van der Waals surface area contributed by atoms with Gasteiger partial charge < -0.3 is 9.64 Å². The number of nitrogens with one attached hydrogen (secondary N) is 1. The van der Waals surface area contributed by atoms with E-state index in [4.69, 9.17) is 10.3 Å². The second kappa shape index (κ2) is 6.75. The van der Waals surface area contributed by atoms with Gasteiger partial charge in [0.2, 0.25) is 9.84 Å². The van der Waals surface area contributed by atoms with Crippen LogP contribution in [0.25, 0.3) is 10.2 Å². The summed E-state index contributed by atoms with van der Waals surface area (Å²) < 4.78 is 32.1. The molecule has 1 aromatic heterocycles. The Kier molecular flexibility index (Phi) is 4.43. The number of sulfone groups is 1. The van der Waals surface area contributed by atoms with Crippen LogP contribution < -0.4 is 4.90 Å². The zero-order chi connectivity index (χ0) is 18.1. The standard InChI is InChI=1S/C17H16N4O3S2/c18-20-14-10-15-13(19-17(25-15)21-6-8-24-9-7-21)11-16(14)26(22,23)12-4-2-1-3-5-12/h1-5,10-11,18H,6-9H2. The van der Waals surface area contributed by atoms with Crippen LogP contribution in [0.15, 0.2) is 57.4 Å². The van der Waals surface area contributed by atoms with E-state index in [-0.39, 0.29) is 15.5 Å². The molecule has 0 radical (unpaired) electrons. The maximum Gasteiger partial charge on any atom is 0.208 e. The van der Waals surface area contributed by atoms with Crippen LogP contribution in [0.1, 0.15) is 0 Å². The van der Waals surface area contributed by atoms with Gasteiger partial charge in [-0.2, -0.15) is 5.11 Å². The number of nitrogens with zero attached hydrogens (tertiary/aromatic N) is 3. The molecule has 0 atom stereocenters. The van der Waals surface area contributed by atoms with Crippen LogP contribution in [-0.2, 0) is 14.6 Å². The summed E-state index contributed by atoms with van der Waals surface area (Å²) in [7, 11) is -3.77. The van der Waals surface area contributed by atoms with Gasteiger partial charge >= 0.3 is 0 Å². The summed E-state index contributed by atoms with van der Waals surface area (Å²) in [6.45, 7) is 2.81. The van der Waals surface area contributed by atoms with Crippen molar-refractivity contribution in [3.05, 3.63) is 42.5 Å². The number of fused-ring (bicyclic) bond motifs is 1. The number of benzene rings is 2. The molecule has 1 aliphatic heterocycles. The van der Waals surface area contributed by atoms with Crippen molar-refractivity contribution < 1.29 is 13.2 Å². The Hall–Kier alpha value is -2.36. The first kappa shape index (κ1) is 17.1. The van der Waals surface area contributed by atoms with Crippen LogP contribution in [-0.4, -0.2) is 39.7 Å². The normalized spacial score (nSPS) is 15.3. The Morgan fingerprint density at radius 3 is 2.58 bits per heavy atom. The number of morpholine rings is 1. The molecule has 0 bridgehead atoms. The van der Waals surface area contributed by atoms with Crippen LogP contribution in [0.5, 0.6) is 0 Å². The lowest BCUT2D eigenvalue weighted by molar-refractivity contribution is 0.122. The zero-order valence-corrected chi connectivity index (χ0v) is 15.4. The molecule has 2 heterocycles. The molecule has 9 heteroatoms. The van der Waals surface area contributed by atoms with Gasteiger partial charge in [-0.3, -0.25) is 0 Å². The molecule has 1 N–H and O–H groups in total. The van der Waals surface area contributed by atoms with Gasteiger partial charge in [0.25, 0.3) is 0 Å². The fourth-order valence-electron chi connectivity index (χ4n) is 2.85. The van der Waals surface area contributed by atoms with Crippen molar-refractivity contribution in [3.8, 4) is 0 Å². The molecule has 2 aromatic carbocycles. The third-order valence-corrected chi connectivity index (χ3v) is 7.08. The largest absolute Gasteiger partial charge is 0.378 e. The van der Waals surface area contributed by atoms with Crippen LogP contribution in [0.4, 0.5) is 10.8 Å². The van der Waals surface area contributed by atoms with E-state index in [1.807, 2.05) is 0 Å². The fourth-order valence-corrected chi connectivity index (χ4v) is 5.30. The van der Waals surface area contributed by atoms with E-state index < -0.39 is 9.84 Å². The highest BCUT2D eigenvalue weighted by molar-refractivity contribution is 7.91. The van der Waals surface area contributed by atoms with Gasteiger partial charge in [-0.05, 0) is 24.3 Å². The van der Waals surface area contributed by atoms with Crippen molar-refractivity contribution >= 4 is 42.2 Å². The lowest BCUT2D eigenvalue weighted by Crippen LogP contribution is -2.36. The average molecular weight is 388 g/mol. The number of anilines is 1. The summed E-state index contributed by atoms with van der Waals surface area (Å²) in [4.78, 5) is 6.90. The number of aromatic nitrogens is 1. The van der Waals surface area contributed by atoms with E-state index in [2.05, 4.69) is 15.0 Å². The second-order valence-corrected chi connectivity index (χ2v) is 8.74. The zero-order valence-electron chi connectivity index (χ0n) is 13.8. The molecule has 134 valence electrons. The highest BCUT2D eigenvalue weighted by Gasteiger charge is 2.24. The summed E-state index contributed by atoms with van der Waals surface area (Å²) in [6, 6.07) is 11.3. The molecule has 0 unspecified atom stereocenters. The smallest absolute Gasteiger partial charge is 0.208 e. The summed E-state index contributed by atoms with van der Waals surface area (Å²) in [6.07, 6.45) is 0. The fraction of sp³-hybridized carbons (Fsp3) is 0.235. The van der Waals surface area contributed by atoms with E-state index in [9.17, 15) is 8.42 Å². The minimum absolute atomic E-state index is 0.00466. The van der Waals surface area contributed by atoms with Gasteiger partial charge in [0.15, 0.2) is 5.13 Å². The average Bonchev–Trinajstić information content (AvgIpc) is 3.11. The Labute approximate surface area is 154 Å². The van der Waals surface area contributed by atoms with E-state index in [1.165, 1.54) is 29.5 Å². The lowest BCUT2D eigenvalue weighted by atomic mass is 10.3. The molecule has 1 fully saturated rings. The van der Waals surface area contributed by atoms with Gasteiger partial charge in [-0.25, -0.2) is 18.9 Å². The van der Waals surface area contributed by atoms with Gasteiger partial charge in [-0.15, -0.1) is 0 Å². The number of rotatable bonds is 4. The third kappa shape index (κ3) is 2.98. The van der Waals surface area contributed by atoms with Gasteiger partial charge in [0.05, 0.1) is 28.3 Å². The van der Waals surface area contributed by atoms with E-state index in [0.717, 1.165) is 22.9 Å². The minimum Gasteiger partial charge on any atom is -0.378 e. The minimum atomic E-state index is -3.77. The maximum absolute atomic E-state index is 13.0. The molecule has 0 saturated carbocycles. The summed E-state index contributed by atoms with van der Waals surface area (Å²) in [5.74, 6) is 0. The van der Waals surface area contributed by atoms with Gasteiger partial charge in [0, 0.05) is 13.1 Å². The number of ether oxygens (including phenoxy) is 1. The Morgan fingerprint density at radius 2 is 1.88 bits per heavy atom. The highest BCUT2D eigenvalue weighted by atomic mass is 32.2. The van der Waals surface area contributed by atoms with Crippen molar-refractivity contribution in [2.24, 2.45) is 5.11 Å². The Balaban J connectivity index is 1.83. The first-order valence-electron chi connectivity index (χ1n) is 8.04. The molecule has 4 rings (SSSR count). The second-order valence-electron chi connectivity index (χ2n) is 5.81. The van der Waals surface area contributed by atoms with Crippen LogP contribution in [0.3, 0.4) is 0 Å². The lowest BCUT2D eigenvalue weighted by Gasteiger charge is -2.25. The summed E-state index contributed by atoms with van der Waals surface area (Å²) in [5.41, 5.74) is 8.14. The molecule has 26 heavy (non-hydrogen) atoms. The first-order valence-corrected chi connectivity index (χ1v) is 10.3. The molecular weight excluding hydrogens is 372 g/mol. The van der Waals surface area contributed by atoms with Crippen LogP contribution in [0, 0.1) is 5.53 Å². The third-order valence-electron chi connectivity index (χ3n) is 4.20. The monoisotopic (exact) mass is 388 g/mol. The van der Waals surface area contributed by atoms with Crippen molar-refractivity contribution in [3.63, 3.8) is 0 Å². The number of hydrogen-bond acceptors (Lipinski definition) is 8. The predicted octanol–water partition coefficient (Wildman–Crippen LogP) is 3.63. The molecule has 3 aromatic rings. The van der Waals surface area contributed by atoms with Crippen molar-refractivity contribution in [2.75, 3.05) is 31.2 Å².